The molecule has 3 atom stereocenters. The van der Waals surface area contributed by atoms with E-state index in [0.29, 0.717) is 5.25 Å². The van der Waals surface area contributed by atoms with Crippen LogP contribution < -0.4 is 0 Å². The maximum Gasteiger partial charge on any atom is 0.00196 e. The van der Waals surface area contributed by atoms with Gasteiger partial charge < -0.3 is 0 Å². The van der Waals surface area contributed by atoms with Crippen molar-refractivity contribution in [3.63, 3.8) is 0 Å². The summed E-state index contributed by atoms with van der Waals surface area (Å²) in [5.74, 6) is 1.93. The molecule has 0 heterocycles. The molecule has 0 N–H and O–H groups in total. The molecule has 1 fully saturated rings. The highest BCUT2D eigenvalue weighted by atomic mass is 32.1. The molecule has 66 valence electrons. The first-order valence-electron chi connectivity index (χ1n) is 4.92. The molecule has 1 heteroatoms. The van der Waals surface area contributed by atoms with Gasteiger partial charge in [0.2, 0.25) is 0 Å². The number of hydrogen-bond donors (Lipinski definition) is 1. The summed E-state index contributed by atoms with van der Waals surface area (Å²) in [5, 5.41) is 0.697. The molecule has 11 heavy (non-hydrogen) atoms. The van der Waals surface area contributed by atoms with Crippen LogP contribution in [0, 0.1) is 11.8 Å². The lowest BCUT2D eigenvalue weighted by molar-refractivity contribution is 0.247. The van der Waals surface area contributed by atoms with Crippen molar-refractivity contribution < 1.29 is 0 Å². The lowest BCUT2D eigenvalue weighted by Gasteiger charge is -2.31. The average Bonchev–Trinajstić information content (AvgIpc) is 1.98. The molecule has 0 nitrogen and oxygen atoms in total. The molecule has 0 aromatic rings. The van der Waals surface area contributed by atoms with Crippen LogP contribution in [0.5, 0.6) is 0 Å². The molecule has 0 bridgehead atoms. The van der Waals surface area contributed by atoms with E-state index in [-0.39, 0.29) is 0 Å². The highest BCUT2D eigenvalue weighted by Gasteiger charge is 2.24. The minimum atomic E-state index is 0.697. The van der Waals surface area contributed by atoms with Crippen molar-refractivity contribution in [1.29, 1.82) is 0 Å². The van der Waals surface area contributed by atoms with Gasteiger partial charge in [-0.15, -0.1) is 0 Å². The highest BCUT2D eigenvalue weighted by Crippen LogP contribution is 2.34. The van der Waals surface area contributed by atoms with Gasteiger partial charge in [-0.1, -0.05) is 26.7 Å². The van der Waals surface area contributed by atoms with Crippen molar-refractivity contribution in [2.24, 2.45) is 11.8 Å². The Hall–Kier alpha value is 0.350. The third-order valence-electron chi connectivity index (χ3n) is 2.99. The molecular formula is C10H20S. The predicted molar refractivity (Wildman–Crippen MR) is 54.2 cm³/mol. The van der Waals surface area contributed by atoms with Crippen LogP contribution in [0.15, 0.2) is 0 Å². The van der Waals surface area contributed by atoms with Gasteiger partial charge in [-0.25, -0.2) is 0 Å². The fourth-order valence-electron chi connectivity index (χ4n) is 2.16. The molecule has 0 amide bonds. The van der Waals surface area contributed by atoms with Crippen molar-refractivity contribution in [3.8, 4) is 0 Å². The monoisotopic (exact) mass is 172 g/mol. The summed E-state index contributed by atoms with van der Waals surface area (Å²) >= 11 is 4.55. The number of hydrogen-bond acceptors (Lipinski definition) is 1. The Labute approximate surface area is 76.2 Å². The fraction of sp³-hybridized carbons (Fsp3) is 1.00. The van der Waals surface area contributed by atoms with Gasteiger partial charge in [0, 0.05) is 5.25 Å². The van der Waals surface area contributed by atoms with E-state index in [0.717, 1.165) is 11.8 Å². The first-order valence-corrected chi connectivity index (χ1v) is 5.43. The van der Waals surface area contributed by atoms with E-state index >= 15 is 0 Å². The van der Waals surface area contributed by atoms with Gasteiger partial charge in [0.05, 0.1) is 0 Å². The van der Waals surface area contributed by atoms with E-state index in [1.807, 2.05) is 0 Å². The van der Waals surface area contributed by atoms with E-state index in [2.05, 4.69) is 26.5 Å². The topological polar surface area (TPSA) is 0 Å². The Kier molecular flexibility index (Phi) is 3.77. The maximum atomic E-state index is 4.55. The molecule has 0 aromatic heterocycles. The predicted octanol–water partition coefficient (Wildman–Crippen LogP) is 3.52. The third kappa shape index (κ3) is 2.70. The lowest BCUT2D eigenvalue weighted by Crippen LogP contribution is -2.23. The van der Waals surface area contributed by atoms with Crippen molar-refractivity contribution in [1.82, 2.24) is 0 Å². The van der Waals surface area contributed by atoms with E-state index < -0.39 is 0 Å². The van der Waals surface area contributed by atoms with Gasteiger partial charge in [-0.05, 0) is 31.1 Å². The van der Waals surface area contributed by atoms with Gasteiger partial charge in [-0.2, -0.15) is 12.6 Å². The van der Waals surface area contributed by atoms with Gasteiger partial charge in [0.1, 0.15) is 0 Å². The summed E-state index contributed by atoms with van der Waals surface area (Å²) in [6.07, 6.45) is 6.86. The van der Waals surface area contributed by atoms with Crippen LogP contribution in [-0.4, -0.2) is 5.25 Å². The maximum absolute atomic E-state index is 4.55. The normalized spacial score (nSPS) is 39.0. The van der Waals surface area contributed by atoms with E-state index in [1.165, 1.54) is 32.1 Å². The second kappa shape index (κ2) is 4.39. The Morgan fingerprint density at radius 2 is 2.09 bits per heavy atom. The van der Waals surface area contributed by atoms with E-state index in [9.17, 15) is 0 Å². The SMILES string of the molecule is CCCC1C[C@@H](S)CCC1C. The van der Waals surface area contributed by atoms with Crippen molar-refractivity contribution in [2.45, 2.75) is 51.2 Å². The highest BCUT2D eigenvalue weighted by molar-refractivity contribution is 7.80. The molecule has 0 spiro atoms. The first-order chi connectivity index (χ1) is 5.24. The zero-order chi connectivity index (χ0) is 8.27. The summed E-state index contributed by atoms with van der Waals surface area (Å²) in [7, 11) is 0. The number of thiol groups is 1. The zero-order valence-electron chi connectivity index (χ0n) is 7.71. The molecule has 0 aliphatic heterocycles. The molecule has 1 rings (SSSR count). The van der Waals surface area contributed by atoms with Crippen LogP contribution in [0.4, 0.5) is 0 Å². The fourth-order valence-corrected chi connectivity index (χ4v) is 2.58. The minimum Gasteiger partial charge on any atom is -0.176 e. The Morgan fingerprint density at radius 3 is 2.73 bits per heavy atom. The minimum absolute atomic E-state index is 0.697. The van der Waals surface area contributed by atoms with Crippen LogP contribution in [-0.2, 0) is 0 Å². The second-order valence-corrected chi connectivity index (χ2v) is 4.72. The van der Waals surface area contributed by atoms with Crippen molar-refractivity contribution in [2.75, 3.05) is 0 Å². The lowest BCUT2D eigenvalue weighted by atomic mass is 9.78. The molecule has 1 aliphatic carbocycles. The molecule has 0 radical (unpaired) electrons. The average molecular weight is 172 g/mol. The quantitative estimate of drug-likeness (QED) is 0.605. The van der Waals surface area contributed by atoms with Crippen LogP contribution in [0.1, 0.15) is 46.0 Å². The molecule has 1 aliphatic rings. The van der Waals surface area contributed by atoms with Crippen molar-refractivity contribution >= 4 is 12.6 Å². The standard InChI is InChI=1S/C10H20S/c1-3-4-9-7-10(11)6-5-8(9)2/h8-11H,3-7H2,1-2H3/t8?,9?,10-/m0/s1. The van der Waals surface area contributed by atoms with Gasteiger partial charge >= 0.3 is 0 Å². The van der Waals surface area contributed by atoms with Crippen LogP contribution >= 0.6 is 12.6 Å². The molecule has 0 saturated heterocycles. The zero-order valence-corrected chi connectivity index (χ0v) is 8.61. The molecule has 2 unspecified atom stereocenters. The first kappa shape index (κ1) is 9.44. The van der Waals surface area contributed by atoms with Crippen LogP contribution in [0.3, 0.4) is 0 Å². The second-order valence-electron chi connectivity index (χ2n) is 3.99. The largest absolute Gasteiger partial charge is 0.176 e. The van der Waals surface area contributed by atoms with Gasteiger partial charge in [-0.3, -0.25) is 0 Å². The summed E-state index contributed by atoms with van der Waals surface area (Å²) < 4.78 is 0. The van der Waals surface area contributed by atoms with Gasteiger partial charge in [0.25, 0.3) is 0 Å². The summed E-state index contributed by atoms with van der Waals surface area (Å²) in [6.45, 7) is 4.69. The third-order valence-corrected chi connectivity index (χ3v) is 3.46. The number of rotatable bonds is 2. The van der Waals surface area contributed by atoms with Crippen molar-refractivity contribution in [3.05, 3.63) is 0 Å². The summed E-state index contributed by atoms with van der Waals surface area (Å²) in [5.41, 5.74) is 0. The smallest absolute Gasteiger partial charge is 0.00196 e. The van der Waals surface area contributed by atoms with Crippen LogP contribution in [0.2, 0.25) is 0 Å². The van der Waals surface area contributed by atoms with Crippen LogP contribution in [0.25, 0.3) is 0 Å². The summed E-state index contributed by atoms with van der Waals surface area (Å²) in [4.78, 5) is 0. The van der Waals surface area contributed by atoms with Gasteiger partial charge in [0.15, 0.2) is 0 Å². The van der Waals surface area contributed by atoms with E-state index in [4.69, 9.17) is 0 Å². The Morgan fingerprint density at radius 1 is 1.36 bits per heavy atom. The Bertz CT molecular complexity index is 111. The molecule has 1 saturated carbocycles. The molecule has 0 aromatic carbocycles. The summed E-state index contributed by atoms with van der Waals surface area (Å²) in [6, 6.07) is 0. The molecular weight excluding hydrogens is 152 g/mol. The Balaban J connectivity index is 2.34. The van der Waals surface area contributed by atoms with E-state index in [1.54, 1.807) is 0 Å².